The molecule has 1 saturated carbocycles. The van der Waals surface area contributed by atoms with Crippen molar-refractivity contribution in [2.24, 2.45) is 0 Å². The third-order valence-electron chi connectivity index (χ3n) is 6.15. The summed E-state index contributed by atoms with van der Waals surface area (Å²) in [6.45, 7) is 10.9. The van der Waals surface area contributed by atoms with Gasteiger partial charge in [-0.1, -0.05) is 56.6 Å². The van der Waals surface area contributed by atoms with Crippen LogP contribution in [0.25, 0.3) is 10.9 Å². The lowest BCUT2D eigenvalue weighted by Gasteiger charge is -2.18. The zero-order valence-corrected chi connectivity index (χ0v) is 18.9. The van der Waals surface area contributed by atoms with Gasteiger partial charge in [0, 0.05) is 23.4 Å². The summed E-state index contributed by atoms with van der Waals surface area (Å²) in [6.07, 6.45) is 8.00. The zero-order chi connectivity index (χ0) is 21.3. The zero-order valence-electron chi connectivity index (χ0n) is 18.1. The number of fused-ring (bicyclic) bond motifs is 1. The van der Waals surface area contributed by atoms with E-state index in [1.807, 2.05) is 17.6 Å². The molecule has 4 rings (SSSR count). The molecule has 3 aromatic rings. The summed E-state index contributed by atoms with van der Waals surface area (Å²) in [7, 11) is 0. The van der Waals surface area contributed by atoms with Crippen LogP contribution in [0.4, 0.5) is 5.13 Å². The average molecular weight is 423 g/mol. The third-order valence-corrected chi connectivity index (χ3v) is 7.15. The Hall–Kier alpha value is -2.47. The number of aromatic nitrogens is 3. The first-order valence-corrected chi connectivity index (χ1v) is 11.7. The minimum atomic E-state index is -0.136. The van der Waals surface area contributed by atoms with Crippen molar-refractivity contribution in [1.82, 2.24) is 14.8 Å². The van der Waals surface area contributed by atoms with Crippen LogP contribution in [0.3, 0.4) is 0 Å². The van der Waals surface area contributed by atoms with E-state index in [-0.39, 0.29) is 5.91 Å². The lowest BCUT2D eigenvalue weighted by molar-refractivity contribution is 0.101. The van der Waals surface area contributed by atoms with Crippen LogP contribution in [0.1, 0.15) is 84.4 Å². The van der Waals surface area contributed by atoms with Crippen molar-refractivity contribution in [3.05, 3.63) is 52.7 Å². The molecule has 1 N–H and O–H groups in total. The van der Waals surface area contributed by atoms with Crippen molar-refractivity contribution in [2.45, 2.75) is 71.3 Å². The number of amides is 1. The number of carbonyl (C=O) groups is 1. The van der Waals surface area contributed by atoms with Crippen molar-refractivity contribution < 1.29 is 4.79 Å². The first-order chi connectivity index (χ1) is 14.5. The Morgan fingerprint density at radius 2 is 2.07 bits per heavy atom. The maximum absolute atomic E-state index is 13.3. The highest BCUT2D eigenvalue weighted by Crippen LogP contribution is 2.35. The maximum atomic E-state index is 13.3. The molecule has 1 fully saturated rings. The van der Waals surface area contributed by atoms with Crippen LogP contribution in [0.5, 0.6) is 0 Å². The van der Waals surface area contributed by atoms with Crippen LogP contribution in [0.15, 0.2) is 30.9 Å². The number of aryl methyl sites for hydroxylation is 1. The molecule has 1 aromatic carbocycles. The highest BCUT2D eigenvalue weighted by molar-refractivity contribution is 7.15. The van der Waals surface area contributed by atoms with E-state index in [1.54, 1.807) is 0 Å². The first kappa shape index (κ1) is 20.8. The minimum absolute atomic E-state index is 0.136. The lowest BCUT2D eigenvalue weighted by atomic mass is 9.90. The molecule has 2 aromatic heterocycles. The number of allylic oxidation sites excluding steroid dienone is 1. The molecular weight excluding hydrogens is 392 g/mol. The van der Waals surface area contributed by atoms with E-state index in [9.17, 15) is 4.79 Å². The number of anilines is 1. The Morgan fingerprint density at radius 1 is 1.30 bits per heavy atom. The van der Waals surface area contributed by atoms with Gasteiger partial charge in [0.05, 0.1) is 0 Å². The molecule has 0 spiro atoms. The van der Waals surface area contributed by atoms with Crippen LogP contribution in [0.2, 0.25) is 0 Å². The predicted octanol–water partition coefficient (Wildman–Crippen LogP) is 6.41. The van der Waals surface area contributed by atoms with Crippen molar-refractivity contribution in [2.75, 3.05) is 5.32 Å². The van der Waals surface area contributed by atoms with E-state index in [0.717, 1.165) is 21.5 Å². The first-order valence-electron chi connectivity index (χ1n) is 10.9. The molecule has 5 nitrogen and oxygen atoms in total. The highest BCUT2D eigenvalue weighted by atomic mass is 32.1. The summed E-state index contributed by atoms with van der Waals surface area (Å²) in [5.74, 6) is 0.793. The summed E-state index contributed by atoms with van der Waals surface area (Å²) in [6, 6.07) is 6.47. The van der Waals surface area contributed by atoms with E-state index in [1.165, 1.54) is 49.0 Å². The van der Waals surface area contributed by atoms with Gasteiger partial charge in [-0.25, -0.2) is 0 Å². The predicted molar refractivity (Wildman–Crippen MR) is 125 cm³/mol. The van der Waals surface area contributed by atoms with Gasteiger partial charge in [0.25, 0.3) is 5.91 Å². The molecule has 158 valence electrons. The number of nitrogens with zero attached hydrogens (tertiary/aromatic N) is 3. The van der Waals surface area contributed by atoms with Gasteiger partial charge in [-0.15, -0.1) is 16.8 Å². The van der Waals surface area contributed by atoms with Crippen LogP contribution < -0.4 is 5.32 Å². The summed E-state index contributed by atoms with van der Waals surface area (Å²) < 4.78 is 2.04. The molecule has 1 amide bonds. The van der Waals surface area contributed by atoms with Crippen LogP contribution in [-0.2, 0) is 6.54 Å². The standard InChI is InChI=1S/C24H30N4OS/c1-5-13-28-20-12-11-18(15(2)3)14-19(20)16(4)21(28)22(29)25-24-27-26-23(30-24)17-9-7-6-8-10-17/h5,11-12,14-15,17H,1,6-10,13H2,2-4H3,(H,25,27,29). The molecule has 0 saturated heterocycles. The van der Waals surface area contributed by atoms with Crippen molar-refractivity contribution >= 4 is 33.3 Å². The van der Waals surface area contributed by atoms with Crippen LogP contribution in [-0.4, -0.2) is 20.7 Å². The van der Waals surface area contributed by atoms with E-state index in [2.05, 4.69) is 54.1 Å². The number of nitrogens with one attached hydrogen (secondary N) is 1. The molecule has 6 heteroatoms. The second-order valence-electron chi connectivity index (χ2n) is 8.54. The SMILES string of the molecule is C=CCn1c(C(=O)Nc2nnc(C3CCCCC3)s2)c(C)c2cc(C(C)C)ccc21. The largest absolute Gasteiger partial charge is 0.332 e. The summed E-state index contributed by atoms with van der Waals surface area (Å²) in [5, 5.41) is 14.4. The van der Waals surface area contributed by atoms with E-state index in [0.29, 0.717) is 29.2 Å². The number of benzene rings is 1. The second-order valence-corrected chi connectivity index (χ2v) is 9.55. The van der Waals surface area contributed by atoms with Gasteiger partial charge in [-0.3, -0.25) is 10.1 Å². The summed E-state index contributed by atoms with van der Waals surface area (Å²) in [4.78, 5) is 13.3. The van der Waals surface area contributed by atoms with Gasteiger partial charge in [0.15, 0.2) is 0 Å². The molecule has 1 aliphatic carbocycles. The smallest absolute Gasteiger partial charge is 0.274 e. The molecule has 0 aliphatic heterocycles. The third kappa shape index (κ3) is 3.93. The fourth-order valence-electron chi connectivity index (χ4n) is 4.47. The topological polar surface area (TPSA) is 59.8 Å². The molecule has 1 aliphatic rings. The number of hydrogen-bond acceptors (Lipinski definition) is 4. The number of carbonyl (C=O) groups excluding carboxylic acids is 1. The van der Waals surface area contributed by atoms with Crippen LogP contribution in [0, 0.1) is 6.92 Å². The second kappa shape index (κ2) is 8.72. The molecule has 0 atom stereocenters. The molecule has 2 heterocycles. The Kier molecular flexibility index (Phi) is 6.04. The van der Waals surface area contributed by atoms with Gasteiger partial charge >= 0.3 is 0 Å². The fraction of sp³-hybridized carbons (Fsp3) is 0.458. The van der Waals surface area contributed by atoms with Gasteiger partial charge in [-0.2, -0.15) is 0 Å². The van der Waals surface area contributed by atoms with Crippen molar-refractivity contribution in [3.8, 4) is 0 Å². The van der Waals surface area contributed by atoms with Gasteiger partial charge < -0.3 is 4.57 Å². The normalized spacial score (nSPS) is 15.1. The Balaban J connectivity index is 1.65. The average Bonchev–Trinajstić information content (AvgIpc) is 3.32. The monoisotopic (exact) mass is 422 g/mol. The molecule has 30 heavy (non-hydrogen) atoms. The molecule has 0 radical (unpaired) electrons. The minimum Gasteiger partial charge on any atom is -0.332 e. The summed E-state index contributed by atoms with van der Waals surface area (Å²) >= 11 is 1.52. The highest BCUT2D eigenvalue weighted by Gasteiger charge is 2.23. The van der Waals surface area contributed by atoms with Gasteiger partial charge in [0.1, 0.15) is 10.7 Å². The summed E-state index contributed by atoms with van der Waals surface area (Å²) in [5.41, 5.74) is 3.99. The number of rotatable bonds is 6. The fourth-order valence-corrected chi connectivity index (χ4v) is 5.37. The lowest BCUT2D eigenvalue weighted by Crippen LogP contribution is -2.18. The van der Waals surface area contributed by atoms with Gasteiger partial charge in [0.2, 0.25) is 5.13 Å². The Bertz CT molecular complexity index is 1070. The quantitative estimate of drug-likeness (QED) is 0.467. The Labute approximate surface area is 182 Å². The molecule has 0 bridgehead atoms. The molecule has 0 unspecified atom stereocenters. The van der Waals surface area contributed by atoms with E-state index in [4.69, 9.17) is 0 Å². The molecular formula is C24H30N4OS. The van der Waals surface area contributed by atoms with Crippen LogP contribution >= 0.6 is 11.3 Å². The van der Waals surface area contributed by atoms with Crippen molar-refractivity contribution in [1.29, 1.82) is 0 Å². The van der Waals surface area contributed by atoms with E-state index < -0.39 is 0 Å². The Morgan fingerprint density at radius 3 is 2.77 bits per heavy atom. The van der Waals surface area contributed by atoms with Gasteiger partial charge in [-0.05, 0) is 48.9 Å². The maximum Gasteiger partial charge on any atom is 0.274 e. The van der Waals surface area contributed by atoms with Crippen molar-refractivity contribution in [3.63, 3.8) is 0 Å². The van der Waals surface area contributed by atoms with E-state index >= 15 is 0 Å². The number of hydrogen-bond donors (Lipinski definition) is 1.